The number of fused-ring (bicyclic) bond motifs is 1. The van der Waals surface area contributed by atoms with Crippen molar-refractivity contribution in [3.05, 3.63) is 47.5 Å². The van der Waals surface area contributed by atoms with Crippen molar-refractivity contribution >= 4 is 16.7 Å². The highest BCUT2D eigenvalue weighted by Crippen LogP contribution is 2.28. The van der Waals surface area contributed by atoms with E-state index in [2.05, 4.69) is 49.6 Å². The summed E-state index contributed by atoms with van der Waals surface area (Å²) in [6.07, 6.45) is 2.33. The van der Waals surface area contributed by atoms with Gasteiger partial charge in [0.05, 0.1) is 11.0 Å². The van der Waals surface area contributed by atoms with E-state index >= 15 is 0 Å². The number of anilines is 1. The number of unbranched alkanes of at least 4 members (excludes halogenated alkanes) is 1. The highest BCUT2D eigenvalue weighted by Gasteiger charge is 2.13. The summed E-state index contributed by atoms with van der Waals surface area (Å²) in [6, 6.07) is 12.4. The zero-order chi connectivity index (χ0) is 15.7. The number of hydrogen-bond donors (Lipinski definition) is 1. The van der Waals surface area contributed by atoms with Crippen LogP contribution in [-0.2, 0) is 6.54 Å². The normalized spacial score (nSPS) is 11.2. The second-order valence-electron chi connectivity index (χ2n) is 5.99. The Hall–Kier alpha value is -2.29. The van der Waals surface area contributed by atoms with E-state index in [1.807, 2.05) is 12.1 Å². The molecule has 1 aromatic heterocycles. The summed E-state index contributed by atoms with van der Waals surface area (Å²) in [5.41, 5.74) is 12.6. The number of rotatable bonds is 4. The van der Waals surface area contributed by atoms with Crippen molar-refractivity contribution < 1.29 is 0 Å². The van der Waals surface area contributed by atoms with E-state index in [1.54, 1.807) is 0 Å². The van der Waals surface area contributed by atoms with E-state index in [4.69, 9.17) is 10.7 Å². The van der Waals surface area contributed by atoms with Gasteiger partial charge in [0.15, 0.2) is 0 Å². The molecule has 0 atom stereocenters. The van der Waals surface area contributed by atoms with E-state index in [-0.39, 0.29) is 0 Å². The average molecular weight is 293 g/mol. The van der Waals surface area contributed by atoms with Crippen LogP contribution in [0.15, 0.2) is 36.4 Å². The van der Waals surface area contributed by atoms with Gasteiger partial charge < -0.3 is 10.3 Å². The number of aromatic nitrogens is 2. The predicted molar refractivity (Wildman–Crippen MR) is 94.0 cm³/mol. The molecule has 0 aliphatic carbocycles. The van der Waals surface area contributed by atoms with E-state index in [9.17, 15) is 0 Å². The molecule has 0 bridgehead atoms. The van der Waals surface area contributed by atoms with Gasteiger partial charge in [0, 0.05) is 17.8 Å². The van der Waals surface area contributed by atoms with Crippen LogP contribution >= 0.6 is 0 Å². The van der Waals surface area contributed by atoms with Gasteiger partial charge in [-0.3, -0.25) is 0 Å². The van der Waals surface area contributed by atoms with Crippen molar-refractivity contribution in [3.63, 3.8) is 0 Å². The number of nitrogens with two attached hydrogens (primary N) is 1. The maximum absolute atomic E-state index is 5.81. The summed E-state index contributed by atoms with van der Waals surface area (Å²) in [7, 11) is 0. The van der Waals surface area contributed by atoms with E-state index in [0.717, 1.165) is 35.6 Å². The lowest BCUT2D eigenvalue weighted by molar-refractivity contribution is 0.651. The highest BCUT2D eigenvalue weighted by atomic mass is 15.1. The Morgan fingerprint density at radius 1 is 1.05 bits per heavy atom. The first-order valence-corrected chi connectivity index (χ1v) is 7.93. The summed E-state index contributed by atoms with van der Waals surface area (Å²) in [6.45, 7) is 7.52. The fourth-order valence-corrected chi connectivity index (χ4v) is 2.78. The molecule has 0 fully saturated rings. The molecule has 3 aromatic rings. The molecule has 22 heavy (non-hydrogen) atoms. The van der Waals surface area contributed by atoms with E-state index in [0.29, 0.717) is 0 Å². The quantitative estimate of drug-likeness (QED) is 0.708. The van der Waals surface area contributed by atoms with Crippen molar-refractivity contribution in [2.45, 2.75) is 40.2 Å². The number of nitrogen functional groups attached to an aromatic ring is 1. The minimum Gasteiger partial charge on any atom is -0.399 e. The third kappa shape index (κ3) is 2.59. The minimum absolute atomic E-state index is 0.784. The molecule has 0 saturated heterocycles. The van der Waals surface area contributed by atoms with Crippen LogP contribution in [0, 0.1) is 13.8 Å². The molecule has 0 radical (unpaired) electrons. The molecule has 0 saturated carbocycles. The van der Waals surface area contributed by atoms with Crippen LogP contribution in [0.3, 0.4) is 0 Å². The van der Waals surface area contributed by atoms with Gasteiger partial charge in [-0.25, -0.2) is 4.98 Å². The van der Waals surface area contributed by atoms with Crippen molar-refractivity contribution in [1.82, 2.24) is 9.55 Å². The zero-order valence-electron chi connectivity index (χ0n) is 13.6. The Bertz CT molecular complexity index is 798. The number of hydrogen-bond acceptors (Lipinski definition) is 2. The van der Waals surface area contributed by atoms with Gasteiger partial charge in [0.1, 0.15) is 5.82 Å². The monoisotopic (exact) mass is 293 g/mol. The molecule has 1 heterocycles. The van der Waals surface area contributed by atoms with Crippen molar-refractivity contribution in [1.29, 1.82) is 0 Å². The SMILES string of the molecule is CCCCn1c(-c2ccc(N)cc2)nc2cc(C)c(C)cc21. The Labute approximate surface area is 131 Å². The van der Waals surface area contributed by atoms with Crippen molar-refractivity contribution in [3.8, 4) is 11.4 Å². The predicted octanol–water partition coefficient (Wildman–Crippen LogP) is 4.70. The van der Waals surface area contributed by atoms with Crippen LogP contribution in [-0.4, -0.2) is 9.55 Å². The van der Waals surface area contributed by atoms with E-state index in [1.165, 1.54) is 23.1 Å². The topological polar surface area (TPSA) is 43.8 Å². The fraction of sp³-hybridized carbons (Fsp3) is 0.316. The van der Waals surface area contributed by atoms with Crippen molar-refractivity contribution in [2.24, 2.45) is 0 Å². The van der Waals surface area contributed by atoms with Gasteiger partial charge >= 0.3 is 0 Å². The molecule has 0 amide bonds. The third-order valence-corrected chi connectivity index (χ3v) is 4.27. The number of nitrogens with zero attached hydrogens (tertiary/aromatic N) is 2. The minimum atomic E-state index is 0.784. The molecule has 2 N–H and O–H groups in total. The molecule has 0 spiro atoms. The molecule has 3 heteroatoms. The lowest BCUT2D eigenvalue weighted by atomic mass is 10.1. The largest absolute Gasteiger partial charge is 0.399 e. The third-order valence-electron chi connectivity index (χ3n) is 4.27. The number of imidazole rings is 1. The molecule has 2 aromatic carbocycles. The Balaban J connectivity index is 2.21. The van der Waals surface area contributed by atoms with Crippen LogP contribution in [0.1, 0.15) is 30.9 Å². The van der Waals surface area contributed by atoms with Crippen LogP contribution in [0.5, 0.6) is 0 Å². The van der Waals surface area contributed by atoms with Gasteiger partial charge in [-0.15, -0.1) is 0 Å². The fourth-order valence-electron chi connectivity index (χ4n) is 2.78. The molecule has 0 unspecified atom stereocenters. The lowest BCUT2D eigenvalue weighted by Crippen LogP contribution is -2.01. The molecular formula is C19H23N3. The second-order valence-corrected chi connectivity index (χ2v) is 5.99. The van der Waals surface area contributed by atoms with Crippen LogP contribution in [0.25, 0.3) is 22.4 Å². The van der Waals surface area contributed by atoms with Gasteiger partial charge in [-0.1, -0.05) is 13.3 Å². The van der Waals surface area contributed by atoms with Crippen LogP contribution in [0.4, 0.5) is 5.69 Å². The lowest BCUT2D eigenvalue weighted by Gasteiger charge is -2.09. The average Bonchev–Trinajstić information content (AvgIpc) is 2.84. The van der Waals surface area contributed by atoms with Gasteiger partial charge in [0.25, 0.3) is 0 Å². The maximum Gasteiger partial charge on any atom is 0.141 e. The molecule has 0 aliphatic heterocycles. The van der Waals surface area contributed by atoms with Crippen LogP contribution in [0.2, 0.25) is 0 Å². The maximum atomic E-state index is 5.81. The van der Waals surface area contributed by atoms with Gasteiger partial charge in [-0.05, 0) is 67.8 Å². The summed E-state index contributed by atoms with van der Waals surface area (Å²) < 4.78 is 2.34. The molecule has 114 valence electrons. The second kappa shape index (κ2) is 5.84. The molecule has 3 rings (SSSR count). The summed E-state index contributed by atoms with van der Waals surface area (Å²) in [5, 5.41) is 0. The smallest absolute Gasteiger partial charge is 0.141 e. The van der Waals surface area contributed by atoms with Crippen LogP contribution < -0.4 is 5.73 Å². The Morgan fingerprint density at radius 3 is 2.41 bits per heavy atom. The Kier molecular flexibility index (Phi) is 3.88. The summed E-state index contributed by atoms with van der Waals surface area (Å²) in [4.78, 5) is 4.89. The zero-order valence-corrected chi connectivity index (χ0v) is 13.6. The summed E-state index contributed by atoms with van der Waals surface area (Å²) >= 11 is 0. The summed E-state index contributed by atoms with van der Waals surface area (Å²) in [5.74, 6) is 1.04. The molecule has 3 nitrogen and oxygen atoms in total. The molecular weight excluding hydrogens is 270 g/mol. The first-order valence-electron chi connectivity index (χ1n) is 7.93. The first kappa shape index (κ1) is 14.6. The standard InChI is InChI=1S/C19H23N3/c1-4-5-10-22-18-12-14(3)13(2)11-17(18)21-19(22)15-6-8-16(20)9-7-15/h6-9,11-12H,4-5,10,20H2,1-3H3. The number of benzene rings is 2. The van der Waals surface area contributed by atoms with Gasteiger partial charge in [-0.2, -0.15) is 0 Å². The first-order chi connectivity index (χ1) is 10.6. The molecule has 0 aliphatic rings. The highest BCUT2D eigenvalue weighted by molar-refractivity contribution is 5.82. The van der Waals surface area contributed by atoms with Crippen molar-refractivity contribution in [2.75, 3.05) is 5.73 Å². The van der Waals surface area contributed by atoms with E-state index < -0.39 is 0 Å². The number of aryl methyl sites for hydroxylation is 3. The van der Waals surface area contributed by atoms with Gasteiger partial charge in [0.2, 0.25) is 0 Å². The Morgan fingerprint density at radius 2 is 1.73 bits per heavy atom.